The molecule has 0 amide bonds. The molecular formula is C15H17N3O. The van der Waals surface area contributed by atoms with Crippen LogP contribution in [0.15, 0.2) is 41.0 Å². The van der Waals surface area contributed by atoms with Gasteiger partial charge in [-0.2, -0.15) is 0 Å². The molecule has 0 saturated heterocycles. The van der Waals surface area contributed by atoms with Crippen LogP contribution in [0.2, 0.25) is 0 Å². The molecular weight excluding hydrogens is 238 g/mol. The quantitative estimate of drug-likeness (QED) is 0.779. The Morgan fingerprint density at radius 3 is 2.89 bits per heavy atom. The van der Waals surface area contributed by atoms with E-state index in [1.165, 1.54) is 0 Å². The first-order valence-electron chi connectivity index (χ1n) is 6.43. The topological polar surface area (TPSA) is 43.0 Å². The Morgan fingerprint density at radius 2 is 2.16 bits per heavy atom. The molecule has 0 radical (unpaired) electrons. The molecule has 98 valence electrons. The lowest BCUT2D eigenvalue weighted by atomic mass is 10.2. The van der Waals surface area contributed by atoms with Crippen LogP contribution in [0.25, 0.3) is 11.0 Å². The summed E-state index contributed by atoms with van der Waals surface area (Å²) in [5.74, 6) is 2.09. The standard InChI is InChI=1S/C15H17N3O/c1-16-11-5-7-14-13(10-11)17-15(18(14)2)8-6-12-4-3-9-19-12/h3-5,7,9-10,16H,6,8H2,1-2H3. The lowest BCUT2D eigenvalue weighted by Crippen LogP contribution is -1.99. The summed E-state index contributed by atoms with van der Waals surface area (Å²) >= 11 is 0. The largest absolute Gasteiger partial charge is 0.469 e. The molecule has 1 N–H and O–H groups in total. The highest BCUT2D eigenvalue weighted by molar-refractivity contribution is 5.80. The summed E-state index contributed by atoms with van der Waals surface area (Å²) in [6.07, 6.45) is 3.47. The number of aromatic nitrogens is 2. The predicted molar refractivity (Wildman–Crippen MR) is 76.4 cm³/mol. The van der Waals surface area contributed by atoms with Gasteiger partial charge in [-0.3, -0.25) is 0 Å². The van der Waals surface area contributed by atoms with Crippen molar-refractivity contribution in [3.63, 3.8) is 0 Å². The van der Waals surface area contributed by atoms with Gasteiger partial charge in [0.1, 0.15) is 11.6 Å². The van der Waals surface area contributed by atoms with Crippen LogP contribution in [-0.4, -0.2) is 16.6 Å². The highest BCUT2D eigenvalue weighted by Crippen LogP contribution is 2.20. The number of imidazole rings is 1. The second-order valence-corrected chi connectivity index (χ2v) is 4.62. The van der Waals surface area contributed by atoms with E-state index in [1.54, 1.807) is 6.26 Å². The van der Waals surface area contributed by atoms with E-state index in [0.717, 1.165) is 41.1 Å². The van der Waals surface area contributed by atoms with Crippen molar-refractivity contribution in [3.05, 3.63) is 48.2 Å². The predicted octanol–water partition coefficient (Wildman–Crippen LogP) is 2.99. The van der Waals surface area contributed by atoms with Gasteiger partial charge in [0.05, 0.1) is 17.3 Å². The molecule has 0 atom stereocenters. The van der Waals surface area contributed by atoms with Crippen molar-refractivity contribution < 1.29 is 4.42 Å². The van der Waals surface area contributed by atoms with Crippen LogP contribution in [-0.2, 0) is 19.9 Å². The number of rotatable bonds is 4. The Kier molecular flexibility index (Phi) is 2.99. The van der Waals surface area contributed by atoms with Crippen molar-refractivity contribution in [2.24, 2.45) is 7.05 Å². The minimum atomic E-state index is 0.878. The van der Waals surface area contributed by atoms with Crippen molar-refractivity contribution in [2.75, 3.05) is 12.4 Å². The van der Waals surface area contributed by atoms with Crippen LogP contribution in [0.3, 0.4) is 0 Å². The van der Waals surface area contributed by atoms with Gasteiger partial charge in [-0.1, -0.05) is 0 Å². The smallest absolute Gasteiger partial charge is 0.110 e. The van der Waals surface area contributed by atoms with Gasteiger partial charge in [-0.15, -0.1) is 0 Å². The van der Waals surface area contributed by atoms with Gasteiger partial charge in [0.2, 0.25) is 0 Å². The Hall–Kier alpha value is -2.23. The molecule has 0 saturated carbocycles. The average Bonchev–Trinajstić information content (AvgIpc) is 3.04. The zero-order valence-corrected chi connectivity index (χ0v) is 11.2. The first-order valence-corrected chi connectivity index (χ1v) is 6.43. The normalized spacial score (nSPS) is 11.1. The molecule has 0 spiro atoms. The summed E-state index contributed by atoms with van der Waals surface area (Å²) in [6, 6.07) is 10.2. The summed E-state index contributed by atoms with van der Waals surface area (Å²) < 4.78 is 7.51. The summed E-state index contributed by atoms with van der Waals surface area (Å²) in [7, 11) is 3.98. The van der Waals surface area contributed by atoms with E-state index in [1.807, 2.05) is 19.2 Å². The minimum Gasteiger partial charge on any atom is -0.469 e. The summed E-state index contributed by atoms with van der Waals surface area (Å²) in [5, 5.41) is 3.14. The van der Waals surface area contributed by atoms with Gasteiger partial charge >= 0.3 is 0 Å². The number of nitrogens with zero attached hydrogens (tertiary/aromatic N) is 2. The molecule has 0 aliphatic heterocycles. The molecule has 0 fully saturated rings. The Balaban J connectivity index is 1.89. The average molecular weight is 255 g/mol. The maximum absolute atomic E-state index is 5.36. The fourth-order valence-corrected chi connectivity index (χ4v) is 2.32. The molecule has 0 aliphatic carbocycles. The number of anilines is 1. The Labute approximate surface area is 112 Å². The van der Waals surface area contributed by atoms with Crippen molar-refractivity contribution in [3.8, 4) is 0 Å². The fourth-order valence-electron chi connectivity index (χ4n) is 2.32. The van der Waals surface area contributed by atoms with E-state index in [4.69, 9.17) is 9.40 Å². The fraction of sp³-hybridized carbons (Fsp3) is 0.267. The maximum atomic E-state index is 5.36. The highest BCUT2D eigenvalue weighted by Gasteiger charge is 2.08. The second-order valence-electron chi connectivity index (χ2n) is 4.62. The van der Waals surface area contributed by atoms with Crippen LogP contribution in [0.4, 0.5) is 5.69 Å². The molecule has 0 aliphatic rings. The van der Waals surface area contributed by atoms with E-state index in [-0.39, 0.29) is 0 Å². The van der Waals surface area contributed by atoms with Crippen LogP contribution >= 0.6 is 0 Å². The molecule has 0 unspecified atom stereocenters. The van der Waals surface area contributed by atoms with Crippen LogP contribution in [0.1, 0.15) is 11.6 Å². The minimum absolute atomic E-state index is 0.878. The van der Waals surface area contributed by atoms with E-state index in [0.29, 0.717) is 0 Å². The number of benzene rings is 1. The second kappa shape index (κ2) is 4.80. The van der Waals surface area contributed by atoms with Gasteiger partial charge < -0.3 is 14.3 Å². The van der Waals surface area contributed by atoms with Crippen molar-refractivity contribution in [2.45, 2.75) is 12.8 Å². The Bertz CT molecular complexity index is 683. The number of aryl methyl sites for hydroxylation is 3. The van der Waals surface area contributed by atoms with Gasteiger partial charge in [-0.05, 0) is 30.3 Å². The summed E-state index contributed by atoms with van der Waals surface area (Å²) in [4.78, 5) is 4.70. The zero-order chi connectivity index (χ0) is 13.2. The van der Waals surface area contributed by atoms with Crippen molar-refractivity contribution in [1.29, 1.82) is 0 Å². The number of furan rings is 1. The van der Waals surface area contributed by atoms with Crippen LogP contribution < -0.4 is 5.32 Å². The third-order valence-electron chi connectivity index (χ3n) is 3.44. The lowest BCUT2D eigenvalue weighted by molar-refractivity contribution is 0.505. The lowest BCUT2D eigenvalue weighted by Gasteiger charge is -2.01. The third kappa shape index (κ3) is 2.21. The van der Waals surface area contributed by atoms with Crippen molar-refractivity contribution in [1.82, 2.24) is 9.55 Å². The van der Waals surface area contributed by atoms with E-state index in [9.17, 15) is 0 Å². The number of hydrogen-bond acceptors (Lipinski definition) is 3. The molecule has 0 bridgehead atoms. The molecule has 4 nitrogen and oxygen atoms in total. The first-order chi connectivity index (χ1) is 9.28. The molecule has 4 heteroatoms. The molecule has 3 aromatic rings. The van der Waals surface area contributed by atoms with Crippen molar-refractivity contribution >= 4 is 16.7 Å². The number of fused-ring (bicyclic) bond motifs is 1. The van der Waals surface area contributed by atoms with Crippen LogP contribution in [0.5, 0.6) is 0 Å². The zero-order valence-electron chi connectivity index (χ0n) is 11.2. The first kappa shape index (κ1) is 11.8. The van der Waals surface area contributed by atoms with Crippen LogP contribution in [0, 0.1) is 0 Å². The molecule has 2 heterocycles. The van der Waals surface area contributed by atoms with E-state index < -0.39 is 0 Å². The molecule has 1 aromatic carbocycles. The summed E-state index contributed by atoms with van der Waals surface area (Å²) in [5.41, 5.74) is 3.28. The monoisotopic (exact) mass is 255 g/mol. The number of nitrogens with one attached hydrogen (secondary N) is 1. The van der Waals surface area contributed by atoms with Gasteiger partial charge in [0, 0.05) is 32.6 Å². The third-order valence-corrected chi connectivity index (χ3v) is 3.44. The van der Waals surface area contributed by atoms with Gasteiger partial charge in [0.15, 0.2) is 0 Å². The Morgan fingerprint density at radius 1 is 1.26 bits per heavy atom. The maximum Gasteiger partial charge on any atom is 0.110 e. The van der Waals surface area contributed by atoms with E-state index in [2.05, 4.69) is 35.1 Å². The molecule has 19 heavy (non-hydrogen) atoms. The van der Waals surface area contributed by atoms with Gasteiger partial charge in [-0.25, -0.2) is 4.98 Å². The number of hydrogen-bond donors (Lipinski definition) is 1. The molecule has 2 aromatic heterocycles. The molecule has 3 rings (SSSR count). The van der Waals surface area contributed by atoms with Gasteiger partial charge in [0.25, 0.3) is 0 Å². The van der Waals surface area contributed by atoms with E-state index >= 15 is 0 Å². The SMILES string of the molecule is CNc1ccc2c(c1)nc(CCc1ccco1)n2C. The summed E-state index contributed by atoms with van der Waals surface area (Å²) in [6.45, 7) is 0. The highest BCUT2D eigenvalue weighted by atomic mass is 16.3.